The van der Waals surface area contributed by atoms with Crippen molar-refractivity contribution in [2.75, 3.05) is 18.1 Å². The lowest BCUT2D eigenvalue weighted by Gasteiger charge is -2.20. The molecular formula is C16H16Cl2N2O3S. The predicted molar refractivity (Wildman–Crippen MR) is 96.8 cm³/mol. The smallest absolute Gasteiger partial charge is 0.239 e. The second kappa shape index (κ2) is 7.98. The molecule has 2 aromatic carbocycles. The zero-order valence-electron chi connectivity index (χ0n) is 12.9. The van der Waals surface area contributed by atoms with Crippen molar-refractivity contribution in [3.05, 3.63) is 64.1 Å². The minimum atomic E-state index is -3.58. The summed E-state index contributed by atoms with van der Waals surface area (Å²) in [7, 11) is -3.58. The molecule has 0 aliphatic carbocycles. The minimum absolute atomic E-state index is 0.0204. The van der Waals surface area contributed by atoms with Gasteiger partial charge in [-0.15, -0.1) is 0 Å². The average molecular weight is 387 g/mol. The third-order valence-corrected chi connectivity index (χ3v) is 5.04. The van der Waals surface area contributed by atoms with Crippen LogP contribution in [-0.4, -0.2) is 31.4 Å². The summed E-state index contributed by atoms with van der Waals surface area (Å²) in [6.45, 7) is -0.292. The van der Waals surface area contributed by atoms with Crippen molar-refractivity contribution in [3.63, 3.8) is 0 Å². The molecular weight excluding hydrogens is 371 g/mol. The second-order valence-corrected chi connectivity index (χ2v) is 8.00. The van der Waals surface area contributed by atoms with Gasteiger partial charge in [0.15, 0.2) is 0 Å². The maximum absolute atomic E-state index is 12.1. The van der Waals surface area contributed by atoms with E-state index in [0.29, 0.717) is 21.3 Å². The lowest BCUT2D eigenvalue weighted by Crippen LogP contribution is -2.37. The molecule has 1 amide bonds. The van der Waals surface area contributed by atoms with Crippen molar-refractivity contribution in [2.45, 2.75) is 6.54 Å². The van der Waals surface area contributed by atoms with Gasteiger partial charge in [-0.1, -0.05) is 41.4 Å². The summed E-state index contributed by atoms with van der Waals surface area (Å²) in [6, 6.07) is 13.4. The summed E-state index contributed by atoms with van der Waals surface area (Å²) < 4.78 is 25.0. The number of anilines is 1. The van der Waals surface area contributed by atoms with E-state index in [2.05, 4.69) is 5.32 Å². The van der Waals surface area contributed by atoms with Crippen molar-refractivity contribution in [3.8, 4) is 0 Å². The van der Waals surface area contributed by atoms with Crippen LogP contribution in [0.1, 0.15) is 5.56 Å². The molecule has 1 N–H and O–H groups in total. The van der Waals surface area contributed by atoms with Gasteiger partial charge < -0.3 is 5.32 Å². The molecule has 128 valence electrons. The zero-order chi connectivity index (χ0) is 17.7. The van der Waals surface area contributed by atoms with Crippen molar-refractivity contribution in [2.24, 2.45) is 0 Å². The lowest BCUT2D eigenvalue weighted by molar-refractivity contribution is -0.116. The summed E-state index contributed by atoms with van der Waals surface area (Å²) in [4.78, 5) is 12.1. The van der Waals surface area contributed by atoms with Crippen LogP contribution in [0, 0.1) is 0 Å². The number of halogens is 2. The van der Waals surface area contributed by atoms with Gasteiger partial charge in [0.25, 0.3) is 0 Å². The van der Waals surface area contributed by atoms with E-state index in [1.54, 1.807) is 48.5 Å². The molecule has 0 heterocycles. The fourth-order valence-electron chi connectivity index (χ4n) is 2.00. The molecule has 24 heavy (non-hydrogen) atoms. The van der Waals surface area contributed by atoms with Crippen molar-refractivity contribution >= 4 is 44.8 Å². The molecule has 0 atom stereocenters. The molecule has 0 aliphatic rings. The van der Waals surface area contributed by atoms with Crippen LogP contribution in [0.2, 0.25) is 10.0 Å². The van der Waals surface area contributed by atoms with Gasteiger partial charge in [-0.2, -0.15) is 4.31 Å². The van der Waals surface area contributed by atoms with E-state index >= 15 is 0 Å². The van der Waals surface area contributed by atoms with Crippen LogP contribution in [0.25, 0.3) is 0 Å². The molecule has 2 rings (SSSR count). The van der Waals surface area contributed by atoms with Gasteiger partial charge >= 0.3 is 0 Å². The monoisotopic (exact) mass is 386 g/mol. The SMILES string of the molecule is CS(=O)(=O)N(CC(=O)Nc1ccc(Cl)cc1)Cc1ccccc1Cl. The first-order valence-electron chi connectivity index (χ1n) is 6.99. The molecule has 2 aromatic rings. The summed E-state index contributed by atoms with van der Waals surface area (Å²) in [5.41, 5.74) is 1.17. The summed E-state index contributed by atoms with van der Waals surface area (Å²) in [5, 5.41) is 3.63. The number of hydrogen-bond donors (Lipinski definition) is 1. The van der Waals surface area contributed by atoms with Gasteiger partial charge in [0, 0.05) is 22.3 Å². The Hall–Kier alpha value is -1.60. The van der Waals surface area contributed by atoms with Gasteiger partial charge in [-0.05, 0) is 35.9 Å². The standard InChI is InChI=1S/C16H16Cl2N2O3S/c1-24(22,23)20(10-12-4-2-3-5-15(12)18)11-16(21)19-14-8-6-13(17)7-9-14/h2-9H,10-11H2,1H3,(H,19,21). The number of amides is 1. The first-order valence-corrected chi connectivity index (χ1v) is 9.60. The fourth-order valence-corrected chi connectivity index (χ4v) is 3.05. The Bertz CT molecular complexity index is 823. The molecule has 0 bridgehead atoms. The number of carbonyl (C=O) groups is 1. The fraction of sp³-hybridized carbons (Fsp3) is 0.188. The first kappa shape index (κ1) is 18.7. The maximum Gasteiger partial charge on any atom is 0.239 e. The normalized spacial score (nSPS) is 11.5. The Morgan fingerprint density at radius 2 is 1.71 bits per heavy atom. The predicted octanol–water partition coefficient (Wildman–Crippen LogP) is 3.39. The van der Waals surface area contributed by atoms with Gasteiger partial charge in [0.1, 0.15) is 0 Å². The van der Waals surface area contributed by atoms with E-state index in [1.807, 2.05) is 0 Å². The molecule has 0 radical (unpaired) electrons. The maximum atomic E-state index is 12.1. The first-order chi connectivity index (χ1) is 11.3. The molecule has 8 heteroatoms. The van der Waals surface area contributed by atoms with Crippen LogP contribution in [0.4, 0.5) is 5.69 Å². The Morgan fingerprint density at radius 1 is 1.08 bits per heavy atom. The molecule has 0 aliphatic heterocycles. The highest BCUT2D eigenvalue weighted by atomic mass is 35.5. The zero-order valence-corrected chi connectivity index (χ0v) is 15.2. The van der Waals surface area contributed by atoms with Gasteiger partial charge in [0.05, 0.1) is 12.8 Å². The second-order valence-electron chi connectivity index (χ2n) is 5.18. The van der Waals surface area contributed by atoms with E-state index in [-0.39, 0.29) is 13.1 Å². The summed E-state index contributed by atoms with van der Waals surface area (Å²) in [6.07, 6.45) is 1.05. The van der Waals surface area contributed by atoms with Gasteiger partial charge in [0.2, 0.25) is 15.9 Å². The number of rotatable bonds is 6. The van der Waals surface area contributed by atoms with Crippen LogP contribution in [0.5, 0.6) is 0 Å². The Labute approximate surface area is 151 Å². The van der Waals surface area contributed by atoms with E-state index in [1.165, 1.54) is 0 Å². The van der Waals surface area contributed by atoms with Crippen molar-refractivity contribution in [1.29, 1.82) is 0 Å². The number of nitrogens with one attached hydrogen (secondary N) is 1. The summed E-state index contributed by atoms with van der Waals surface area (Å²) >= 11 is 11.8. The van der Waals surface area contributed by atoms with E-state index < -0.39 is 15.9 Å². The molecule has 0 saturated carbocycles. The molecule has 0 unspecified atom stereocenters. The number of nitrogens with zero attached hydrogens (tertiary/aromatic N) is 1. The number of sulfonamides is 1. The molecule has 0 aromatic heterocycles. The third kappa shape index (κ3) is 5.49. The van der Waals surface area contributed by atoms with Crippen molar-refractivity contribution < 1.29 is 13.2 Å². The molecule has 5 nitrogen and oxygen atoms in total. The highest BCUT2D eigenvalue weighted by Crippen LogP contribution is 2.19. The largest absolute Gasteiger partial charge is 0.325 e. The Balaban J connectivity index is 2.10. The van der Waals surface area contributed by atoms with E-state index in [4.69, 9.17) is 23.2 Å². The van der Waals surface area contributed by atoms with Gasteiger partial charge in [-0.25, -0.2) is 8.42 Å². The molecule has 0 saturated heterocycles. The van der Waals surface area contributed by atoms with E-state index in [9.17, 15) is 13.2 Å². The number of hydrogen-bond acceptors (Lipinski definition) is 3. The van der Waals surface area contributed by atoms with E-state index in [0.717, 1.165) is 10.6 Å². The third-order valence-electron chi connectivity index (χ3n) is 3.22. The number of benzene rings is 2. The Kier molecular flexibility index (Phi) is 6.23. The molecule has 0 spiro atoms. The Morgan fingerprint density at radius 3 is 2.29 bits per heavy atom. The molecule has 0 fully saturated rings. The van der Waals surface area contributed by atoms with Crippen LogP contribution in [0.3, 0.4) is 0 Å². The van der Waals surface area contributed by atoms with Crippen LogP contribution >= 0.6 is 23.2 Å². The topological polar surface area (TPSA) is 66.5 Å². The van der Waals surface area contributed by atoms with Crippen LogP contribution in [-0.2, 0) is 21.4 Å². The number of carbonyl (C=O) groups excluding carboxylic acids is 1. The van der Waals surface area contributed by atoms with Crippen molar-refractivity contribution in [1.82, 2.24) is 4.31 Å². The van der Waals surface area contributed by atoms with Gasteiger partial charge in [-0.3, -0.25) is 4.79 Å². The van der Waals surface area contributed by atoms with Crippen LogP contribution in [0.15, 0.2) is 48.5 Å². The minimum Gasteiger partial charge on any atom is -0.325 e. The highest BCUT2D eigenvalue weighted by Gasteiger charge is 2.21. The lowest BCUT2D eigenvalue weighted by atomic mass is 10.2. The average Bonchev–Trinajstić information content (AvgIpc) is 2.50. The highest BCUT2D eigenvalue weighted by molar-refractivity contribution is 7.88. The summed E-state index contributed by atoms with van der Waals surface area (Å²) in [5.74, 6) is -0.449. The van der Waals surface area contributed by atoms with Crippen LogP contribution < -0.4 is 5.32 Å². The quantitative estimate of drug-likeness (QED) is 0.826.